The van der Waals surface area contributed by atoms with Gasteiger partial charge in [-0.3, -0.25) is 19.7 Å². The maximum atomic E-state index is 12.1. The lowest BCUT2D eigenvalue weighted by molar-refractivity contribution is -0.144. The third-order valence-corrected chi connectivity index (χ3v) is 20.4. The van der Waals surface area contributed by atoms with E-state index in [4.69, 9.17) is 9.47 Å². The molecule has 3 aromatic carbocycles. The Balaban J connectivity index is 0.000000142. The molecule has 15 heteroatoms. The van der Waals surface area contributed by atoms with Gasteiger partial charge in [-0.05, 0) is 121 Å². The summed E-state index contributed by atoms with van der Waals surface area (Å²) in [5.74, 6) is 4.14. The fourth-order valence-electron chi connectivity index (χ4n) is 13.6. The third-order valence-electron chi connectivity index (χ3n) is 18.9. The van der Waals surface area contributed by atoms with Crippen molar-refractivity contribution in [3.8, 4) is 51.6 Å². The average Bonchev–Trinajstić information content (AvgIpc) is 2.44. The Labute approximate surface area is 499 Å². The molecule has 6 aromatic rings. The number of aromatic nitrogens is 3. The standard InChI is InChI=1S/C24H24N2O2.C23H25N3O2S.C23H23N3O2/c1-15-11-19-12-23(27)28-24(19)21(16(15)2)10-9-20-8-7-18(14-26-20)22-6-4-3-5-17(22)13-25;1-15-11-19-14-29(27,28)26-23(19)21(16(15)2)10-9-20-8-7-18(13-25-20)22-6-4-3-5-17(22)12-24;1-14-11-21-22(26-23(27)28-21)19(15(14)2)10-9-18-8-7-17(13-25-18)20-6-4-3-5-16(20)12-24/h3-10,14-16,19,21,24H,11-12H2,1-2H3;3-10,13,15-16,19,21,23,26H,11,14H2,1-2H3;3-10,13-15,19,21-22H,11H2,1-2H3,(H,26,27)/b3*10-9+/t15-,16+,19+,21-,24-;15-,16+,19+,21-,23-;14-,15+,19-,21-,22+/m000/s1. The second kappa shape index (κ2) is 26.2. The number of benzene rings is 3. The number of nitrogens with zero attached hydrogens (tertiary/aromatic N) is 6. The summed E-state index contributed by atoms with van der Waals surface area (Å²) in [7, 11) is -3.16. The highest BCUT2D eigenvalue weighted by Crippen LogP contribution is 2.46. The summed E-state index contributed by atoms with van der Waals surface area (Å²) < 4.78 is 38.1. The van der Waals surface area contributed by atoms with Crippen LogP contribution in [0.25, 0.3) is 51.6 Å². The van der Waals surface area contributed by atoms with Gasteiger partial charge in [-0.2, -0.15) is 15.8 Å². The molecule has 0 spiro atoms. The van der Waals surface area contributed by atoms with Gasteiger partial charge in [0, 0.05) is 75.8 Å². The number of sulfonamides is 1. The molecular formula is C70H72N8O6S. The van der Waals surface area contributed by atoms with Crippen molar-refractivity contribution in [3.63, 3.8) is 0 Å². The lowest BCUT2D eigenvalue weighted by atomic mass is 9.67. The number of fused-ring (bicyclic) bond motifs is 3. The molecule has 15 atom stereocenters. The number of esters is 1. The molecule has 85 heavy (non-hydrogen) atoms. The molecule has 0 bridgehead atoms. The number of hydrogen-bond donors (Lipinski definition) is 2. The first kappa shape index (κ1) is 59.6. The van der Waals surface area contributed by atoms with Crippen molar-refractivity contribution in [3.05, 3.63) is 180 Å². The molecule has 434 valence electrons. The van der Waals surface area contributed by atoms with E-state index in [9.17, 15) is 33.8 Å². The van der Waals surface area contributed by atoms with Gasteiger partial charge >= 0.3 is 12.1 Å². The van der Waals surface area contributed by atoms with Crippen LogP contribution < -0.4 is 10.0 Å². The Kier molecular flexibility index (Phi) is 18.3. The summed E-state index contributed by atoms with van der Waals surface area (Å²) in [5.41, 5.74) is 9.86. The van der Waals surface area contributed by atoms with E-state index in [1.807, 2.05) is 121 Å². The average molecular weight is 1150 g/mol. The van der Waals surface area contributed by atoms with Crippen LogP contribution in [0.4, 0.5) is 4.79 Å². The lowest BCUT2D eigenvalue weighted by Gasteiger charge is -2.40. The highest BCUT2D eigenvalue weighted by Gasteiger charge is 2.49. The molecule has 0 radical (unpaired) electrons. The Bertz CT molecular complexity index is 3580. The summed E-state index contributed by atoms with van der Waals surface area (Å²) >= 11 is 0. The van der Waals surface area contributed by atoms with Gasteiger partial charge in [-0.15, -0.1) is 0 Å². The molecule has 3 aliphatic heterocycles. The number of pyridine rings is 3. The third kappa shape index (κ3) is 13.5. The SMILES string of the molecule is C[C@H]1[C@H](/C=C/c2ccc(-c3ccccc3C#N)cn2)[C@H]2NC(=O)O[C@H]2C[C@@H]1C.C[C@H]1[C@H](/C=C/c2ccc(-c3ccccc3C#N)cn2)[C@H]2NS(=O)(=O)C[C@H]2C[C@@H]1C.C[C@H]1[C@H](/C=C/c2ccc(-c3ccccc3C#N)cn2)[C@H]2OC(=O)C[C@H]2C[C@@H]1C. The van der Waals surface area contributed by atoms with Crippen molar-refractivity contribution >= 4 is 40.3 Å². The predicted octanol–water partition coefficient (Wildman–Crippen LogP) is 13.1. The molecule has 14 nitrogen and oxygen atoms in total. The van der Waals surface area contributed by atoms with Crippen LogP contribution in [0.5, 0.6) is 0 Å². The first-order chi connectivity index (χ1) is 41.0. The Morgan fingerprint density at radius 2 is 0.929 bits per heavy atom. The second-order valence-electron chi connectivity index (χ2n) is 24.1. The summed E-state index contributed by atoms with van der Waals surface area (Å²) in [6.07, 6.45) is 21.0. The molecule has 1 amide bonds. The van der Waals surface area contributed by atoms with Crippen LogP contribution in [0.3, 0.4) is 0 Å². The maximum absolute atomic E-state index is 12.1. The van der Waals surface area contributed by atoms with Gasteiger partial charge in [-0.1, -0.05) is 133 Å². The zero-order valence-corrected chi connectivity index (χ0v) is 49.6. The molecule has 3 aromatic heterocycles. The molecule has 12 rings (SSSR count). The fourth-order valence-corrected chi connectivity index (χ4v) is 15.4. The molecule has 3 aliphatic carbocycles. The Morgan fingerprint density at radius 3 is 1.38 bits per heavy atom. The zero-order chi connectivity index (χ0) is 59.9. The number of hydrogen-bond acceptors (Lipinski definition) is 12. The van der Waals surface area contributed by atoms with Gasteiger partial charge < -0.3 is 14.8 Å². The van der Waals surface area contributed by atoms with Crippen LogP contribution in [0.2, 0.25) is 0 Å². The van der Waals surface area contributed by atoms with E-state index < -0.39 is 10.0 Å². The van der Waals surface area contributed by atoms with E-state index in [0.29, 0.717) is 64.5 Å². The molecule has 3 saturated carbocycles. The first-order valence-electron chi connectivity index (χ1n) is 29.6. The summed E-state index contributed by atoms with van der Waals surface area (Å²) in [6.45, 7) is 13.4. The van der Waals surface area contributed by atoms with Gasteiger partial charge in [-0.25, -0.2) is 17.9 Å². The smallest absolute Gasteiger partial charge is 0.407 e. The Hall–Kier alpha value is -8.55. The van der Waals surface area contributed by atoms with Gasteiger partial charge in [0.1, 0.15) is 12.2 Å². The molecule has 0 unspecified atom stereocenters. The van der Waals surface area contributed by atoms with Crippen LogP contribution in [0, 0.1) is 99.1 Å². The van der Waals surface area contributed by atoms with E-state index in [0.717, 1.165) is 69.7 Å². The van der Waals surface area contributed by atoms with E-state index >= 15 is 0 Å². The normalized spacial score (nSPS) is 29.7. The van der Waals surface area contributed by atoms with Crippen molar-refractivity contribution < 1.29 is 27.5 Å². The minimum atomic E-state index is -3.16. The number of carbonyl (C=O) groups excluding carboxylic acids is 2. The van der Waals surface area contributed by atoms with Crippen LogP contribution >= 0.6 is 0 Å². The number of nitrogens with one attached hydrogen (secondary N) is 2. The molecule has 6 fully saturated rings. The van der Waals surface area contributed by atoms with Crippen LogP contribution in [0.15, 0.2) is 146 Å². The lowest BCUT2D eigenvalue weighted by Crippen LogP contribution is -2.47. The minimum Gasteiger partial charge on any atom is -0.461 e. The molecule has 2 N–H and O–H groups in total. The molecule has 6 heterocycles. The number of ether oxygens (including phenoxy) is 2. The highest BCUT2D eigenvalue weighted by molar-refractivity contribution is 7.89. The van der Waals surface area contributed by atoms with Crippen LogP contribution in [-0.2, 0) is 24.3 Å². The van der Waals surface area contributed by atoms with Gasteiger partial charge in [0.05, 0.1) is 70.2 Å². The van der Waals surface area contributed by atoms with Crippen LogP contribution in [0.1, 0.15) is 101 Å². The monoisotopic (exact) mass is 1150 g/mol. The molecular weight excluding hydrogens is 1080 g/mol. The van der Waals surface area contributed by atoms with E-state index in [1.54, 1.807) is 24.7 Å². The van der Waals surface area contributed by atoms with E-state index in [1.165, 1.54) is 0 Å². The summed E-state index contributed by atoms with van der Waals surface area (Å²) in [6, 6.07) is 41.0. The Morgan fingerprint density at radius 1 is 0.518 bits per heavy atom. The number of amides is 1. The van der Waals surface area contributed by atoms with Gasteiger partial charge in [0.2, 0.25) is 10.0 Å². The fraction of sp³-hybridized carbons (Fsp3) is 0.371. The maximum Gasteiger partial charge on any atom is 0.407 e. The highest BCUT2D eigenvalue weighted by atomic mass is 32.2. The van der Waals surface area contributed by atoms with Crippen molar-refractivity contribution in [2.75, 3.05) is 5.75 Å². The number of carbonyl (C=O) groups is 2. The predicted molar refractivity (Wildman–Crippen MR) is 329 cm³/mol. The summed E-state index contributed by atoms with van der Waals surface area (Å²) in [4.78, 5) is 37.1. The van der Waals surface area contributed by atoms with Gasteiger partial charge in [0.25, 0.3) is 0 Å². The number of nitriles is 3. The number of rotatable bonds is 9. The zero-order valence-electron chi connectivity index (χ0n) is 48.8. The topological polar surface area (TPSA) is 221 Å². The minimum absolute atomic E-state index is 0.00303. The largest absolute Gasteiger partial charge is 0.461 e. The summed E-state index contributed by atoms with van der Waals surface area (Å²) in [5, 5.41) is 30.8. The van der Waals surface area contributed by atoms with E-state index in [-0.39, 0.29) is 65.8 Å². The quantitative estimate of drug-likeness (QED) is 0.129. The van der Waals surface area contributed by atoms with Crippen molar-refractivity contribution in [2.45, 2.75) is 91.5 Å². The molecule has 6 aliphatic rings. The van der Waals surface area contributed by atoms with Crippen molar-refractivity contribution in [2.24, 2.45) is 65.1 Å². The molecule has 3 saturated heterocycles. The second-order valence-corrected chi connectivity index (χ2v) is 25.9. The van der Waals surface area contributed by atoms with Crippen molar-refractivity contribution in [1.29, 1.82) is 15.8 Å². The van der Waals surface area contributed by atoms with Crippen LogP contribution in [-0.4, -0.2) is 65.5 Å². The van der Waals surface area contributed by atoms with Crippen molar-refractivity contribution in [1.82, 2.24) is 25.0 Å². The number of alkyl carbamates (subject to hydrolysis) is 1. The van der Waals surface area contributed by atoms with E-state index in [2.05, 4.69) is 103 Å². The first-order valence-corrected chi connectivity index (χ1v) is 31.2. The van der Waals surface area contributed by atoms with Gasteiger partial charge in [0.15, 0.2) is 0 Å².